The van der Waals surface area contributed by atoms with Gasteiger partial charge in [-0.1, -0.05) is 13.0 Å². The second-order valence-electron chi connectivity index (χ2n) is 9.35. The van der Waals surface area contributed by atoms with Crippen LogP contribution in [0.25, 0.3) is 0 Å². The topological polar surface area (TPSA) is 89.5 Å². The van der Waals surface area contributed by atoms with Gasteiger partial charge in [0, 0.05) is 18.8 Å². The average molecular weight is 418 g/mol. The van der Waals surface area contributed by atoms with Crippen LogP contribution in [0.4, 0.5) is 0 Å². The maximum absolute atomic E-state index is 12.9. The normalized spacial score (nSPS) is 37.0. The van der Waals surface area contributed by atoms with Gasteiger partial charge in [-0.25, -0.2) is 4.72 Å². The molecule has 0 radical (unpaired) electrons. The molecule has 4 aliphatic rings. The summed E-state index contributed by atoms with van der Waals surface area (Å²) in [4.78, 5) is 23.9. The molecule has 4 aliphatic carbocycles. The quantitative estimate of drug-likeness (QED) is 0.812. The Kier molecular flexibility index (Phi) is 3.99. The van der Waals surface area contributed by atoms with Crippen LogP contribution in [0.2, 0.25) is 0 Å². The van der Waals surface area contributed by atoms with Crippen molar-refractivity contribution >= 4 is 22.0 Å². The fraction of sp³-hybridized carbons (Fsp3) is 0.636. The Bertz CT molecular complexity index is 1020. The lowest BCUT2D eigenvalue weighted by atomic mass is 9.51. The lowest BCUT2D eigenvalue weighted by Crippen LogP contribution is -2.47. The molecule has 7 heteroatoms. The van der Waals surface area contributed by atoms with E-state index in [2.05, 4.69) is 6.92 Å². The molecule has 0 heterocycles. The van der Waals surface area contributed by atoms with E-state index in [1.165, 1.54) is 12.0 Å². The molecule has 5 unspecified atom stereocenters. The second kappa shape index (κ2) is 6.06. The summed E-state index contributed by atoms with van der Waals surface area (Å²) in [6, 6.07) is 5.48. The molecule has 0 aromatic heterocycles. The van der Waals surface area contributed by atoms with E-state index in [-0.39, 0.29) is 16.6 Å². The van der Waals surface area contributed by atoms with Gasteiger partial charge in [0.2, 0.25) is 5.91 Å². The van der Waals surface area contributed by atoms with E-state index >= 15 is 0 Å². The van der Waals surface area contributed by atoms with E-state index in [1.54, 1.807) is 12.1 Å². The van der Waals surface area contributed by atoms with Crippen LogP contribution in [-0.2, 0) is 26.3 Å². The number of carbonyl (C=O) groups is 2. The molecule has 0 saturated heterocycles. The molecule has 1 amide bonds. The van der Waals surface area contributed by atoms with Crippen LogP contribution in [0.1, 0.15) is 69.4 Å². The van der Waals surface area contributed by atoms with Crippen LogP contribution in [0.3, 0.4) is 0 Å². The lowest BCUT2D eigenvalue weighted by molar-refractivity contribution is -0.135. The number of hydrogen-bond acceptors (Lipinski definition) is 5. The van der Waals surface area contributed by atoms with E-state index in [9.17, 15) is 18.0 Å². The molecule has 3 fully saturated rings. The second-order valence-corrected chi connectivity index (χ2v) is 10.6. The molecule has 6 nitrogen and oxygen atoms in total. The molecule has 156 valence electrons. The van der Waals surface area contributed by atoms with Crippen molar-refractivity contribution in [2.24, 2.45) is 22.7 Å². The van der Waals surface area contributed by atoms with Crippen molar-refractivity contribution in [1.82, 2.24) is 4.72 Å². The van der Waals surface area contributed by atoms with Gasteiger partial charge in [-0.2, -0.15) is 8.42 Å². The van der Waals surface area contributed by atoms with Gasteiger partial charge in [0.1, 0.15) is 11.5 Å². The molecule has 1 aromatic carbocycles. The van der Waals surface area contributed by atoms with E-state index in [4.69, 9.17) is 4.18 Å². The van der Waals surface area contributed by atoms with Gasteiger partial charge in [-0.3, -0.25) is 9.59 Å². The summed E-state index contributed by atoms with van der Waals surface area (Å²) in [6.45, 7) is 3.32. The number of hydrogen-bond donors (Lipinski definition) is 1. The highest BCUT2D eigenvalue weighted by atomic mass is 32.2. The zero-order chi connectivity index (χ0) is 20.6. The summed E-state index contributed by atoms with van der Waals surface area (Å²) >= 11 is 0. The van der Waals surface area contributed by atoms with Crippen LogP contribution in [0.5, 0.6) is 5.75 Å². The highest BCUT2D eigenvalue weighted by Crippen LogP contribution is 2.81. The Balaban J connectivity index is 1.44. The lowest BCUT2D eigenvalue weighted by Gasteiger charge is -2.52. The average Bonchev–Trinajstić information content (AvgIpc) is 3.28. The van der Waals surface area contributed by atoms with Crippen LogP contribution in [-0.4, -0.2) is 20.1 Å². The minimum absolute atomic E-state index is 0.0914. The Labute approximate surface area is 171 Å². The van der Waals surface area contributed by atoms with Crippen LogP contribution < -0.4 is 8.91 Å². The van der Waals surface area contributed by atoms with Gasteiger partial charge >= 0.3 is 10.3 Å². The first kappa shape index (κ1) is 19.1. The number of rotatable bonds is 4. The maximum atomic E-state index is 12.9. The molecule has 3 saturated carbocycles. The number of nitrogens with one attached hydrogen (secondary N) is 1. The van der Waals surface area contributed by atoms with Crippen molar-refractivity contribution in [3.05, 3.63) is 29.3 Å². The van der Waals surface area contributed by atoms with Gasteiger partial charge < -0.3 is 4.18 Å². The third-order valence-electron chi connectivity index (χ3n) is 8.36. The van der Waals surface area contributed by atoms with Crippen molar-refractivity contribution in [2.45, 2.75) is 64.7 Å². The summed E-state index contributed by atoms with van der Waals surface area (Å²) in [6.07, 6.45) is 6.87. The first-order valence-corrected chi connectivity index (χ1v) is 12.0. The number of ketones is 1. The minimum atomic E-state index is -4.15. The number of benzene rings is 1. The van der Waals surface area contributed by atoms with E-state index in [0.717, 1.165) is 51.0 Å². The molecule has 1 N–H and O–H groups in total. The number of aryl methyl sites for hydroxylation is 1. The predicted molar refractivity (Wildman–Crippen MR) is 106 cm³/mol. The molecule has 1 spiro atoms. The predicted octanol–water partition coefficient (Wildman–Crippen LogP) is 3.26. The SMILES string of the molecule is CCC12CCC3c4ccc(OS(=O)(=O)NC(C)=O)cc4CCC3C13CC3CC2=O. The third kappa shape index (κ3) is 2.55. The number of amides is 1. The molecule has 5 atom stereocenters. The number of fused-ring (bicyclic) bond motifs is 3. The van der Waals surface area contributed by atoms with Crippen molar-refractivity contribution in [1.29, 1.82) is 0 Å². The largest absolute Gasteiger partial charge is 0.409 e. The van der Waals surface area contributed by atoms with Crippen molar-refractivity contribution in [3.8, 4) is 5.75 Å². The standard InChI is InChI=1S/C22H27NO5S/c1-3-21-9-8-18-17-6-5-16(28-29(26,27)23-13(2)24)10-14(17)4-7-19(18)22(21)12-15(22)11-20(21)25/h5-6,10,15,18-19H,3-4,7-9,11-12H2,1-2H3,(H,23,24). The molecule has 5 rings (SSSR count). The van der Waals surface area contributed by atoms with Crippen LogP contribution in [0.15, 0.2) is 18.2 Å². The highest BCUT2D eigenvalue weighted by Gasteiger charge is 2.77. The van der Waals surface area contributed by atoms with Crippen molar-refractivity contribution in [2.75, 3.05) is 0 Å². The summed E-state index contributed by atoms with van der Waals surface area (Å²) in [5.41, 5.74) is 2.54. The Morgan fingerprint density at radius 1 is 1.31 bits per heavy atom. The summed E-state index contributed by atoms with van der Waals surface area (Å²) < 4.78 is 30.7. The molecule has 29 heavy (non-hydrogen) atoms. The Hall–Kier alpha value is -1.89. The van der Waals surface area contributed by atoms with Crippen LogP contribution in [0, 0.1) is 22.7 Å². The Morgan fingerprint density at radius 3 is 2.83 bits per heavy atom. The molecular formula is C22H27NO5S. The fourth-order valence-corrected chi connectivity index (χ4v) is 8.14. The summed E-state index contributed by atoms with van der Waals surface area (Å²) in [7, 11) is -4.15. The maximum Gasteiger partial charge on any atom is 0.409 e. The number of carbonyl (C=O) groups excluding carboxylic acids is 2. The van der Waals surface area contributed by atoms with Gasteiger partial charge in [-0.05, 0) is 85.0 Å². The zero-order valence-electron chi connectivity index (χ0n) is 16.9. The monoisotopic (exact) mass is 417 g/mol. The fourth-order valence-electron chi connectivity index (χ4n) is 7.39. The minimum Gasteiger partial charge on any atom is -0.367 e. The van der Waals surface area contributed by atoms with Crippen molar-refractivity contribution < 1.29 is 22.2 Å². The smallest absolute Gasteiger partial charge is 0.367 e. The highest BCUT2D eigenvalue weighted by molar-refractivity contribution is 7.85. The van der Waals surface area contributed by atoms with Gasteiger partial charge in [0.15, 0.2) is 0 Å². The van der Waals surface area contributed by atoms with Crippen LogP contribution >= 0.6 is 0 Å². The molecule has 0 bridgehead atoms. The molecule has 0 aliphatic heterocycles. The van der Waals surface area contributed by atoms with Crippen molar-refractivity contribution in [3.63, 3.8) is 0 Å². The summed E-state index contributed by atoms with van der Waals surface area (Å²) in [5, 5.41) is 0. The summed E-state index contributed by atoms with van der Waals surface area (Å²) in [5.74, 6) is 1.62. The van der Waals surface area contributed by atoms with Gasteiger partial charge in [-0.15, -0.1) is 0 Å². The zero-order valence-corrected chi connectivity index (χ0v) is 17.7. The van der Waals surface area contributed by atoms with Gasteiger partial charge in [0.25, 0.3) is 0 Å². The third-order valence-corrected chi connectivity index (χ3v) is 9.30. The number of Topliss-reactive ketones (excluding diaryl/α,β-unsaturated/α-hetero) is 1. The molecular weight excluding hydrogens is 390 g/mol. The first-order chi connectivity index (χ1) is 13.7. The first-order valence-electron chi connectivity index (χ1n) is 10.6. The Morgan fingerprint density at radius 2 is 2.10 bits per heavy atom. The van der Waals surface area contributed by atoms with E-state index in [0.29, 0.717) is 23.5 Å². The van der Waals surface area contributed by atoms with E-state index < -0.39 is 16.2 Å². The van der Waals surface area contributed by atoms with E-state index in [1.807, 2.05) is 10.8 Å². The van der Waals surface area contributed by atoms with Gasteiger partial charge in [0.05, 0.1) is 0 Å². The molecule has 1 aromatic rings.